The van der Waals surface area contributed by atoms with Gasteiger partial charge in [0.25, 0.3) is 0 Å². The average molecular weight is 620 g/mol. The molecule has 2 aromatic carbocycles. The predicted octanol–water partition coefficient (Wildman–Crippen LogP) is 4.78. The standard InChI is InChI=1S/C34H37N9O3/c1-40(2)15-7-12-31(44)37-27-10-6-11-29(20-27)43-32-26(24-42(34(43)45)23-25-8-4-3-5-9-25)21-36-33(39-32)38-28-13-14-30(35-22-28)41-16-18-46-19-17-41/h3-14,20-22H,15-19,23-24H2,1-2H3,(H,37,44)(H,36,38,39)/b12-7+. The number of carbonyl (C=O) groups is 2. The van der Waals surface area contributed by atoms with Gasteiger partial charge in [-0.3, -0.25) is 4.79 Å². The fourth-order valence-corrected chi connectivity index (χ4v) is 5.27. The first-order valence-electron chi connectivity index (χ1n) is 15.2. The molecule has 0 bridgehead atoms. The number of fused-ring (bicyclic) bond motifs is 1. The van der Waals surface area contributed by atoms with E-state index >= 15 is 0 Å². The quantitative estimate of drug-likeness (QED) is 0.242. The molecule has 2 aliphatic rings. The van der Waals surface area contributed by atoms with E-state index in [0.717, 1.165) is 35.7 Å². The van der Waals surface area contributed by atoms with Gasteiger partial charge >= 0.3 is 6.03 Å². The average Bonchev–Trinajstić information content (AvgIpc) is 3.06. The SMILES string of the molecule is CN(C)C/C=C/C(=O)Nc1cccc(N2C(=O)N(Cc3ccccc3)Cc3cnc(Nc4ccc(N5CCOCC5)nc4)nc32)c1. The summed E-state index contributed by atoms with van der Waals surface area (Å²) in [4.78, 5) is 48.2. The Morgan fingerprint density at radius 3 is 2.57 bits per heavy atom. The van der Waals surface area contributed by atoms with Gasteiger partial charge in [-0.05, 0) is 50.0 Å². The maximum absolute atomic E-state index is 14.1. The molecule has 0 spiro atoms. The van der Waals surface area contributed by atoms with Crippen molar-refractivity contribution in [3.05, 3.63) is 102 Å². The molecule has 1 fully saturated rings. The minimum Gasteiger partial charge on any atom is -0.378 e. The van der Waals surface area contributed by atoms with E-state index in [0.29, 0.717) is 56.0 Å². The number of aromatic nitrogens is 3. The summed E-state index contributed by atoms with van der Waals surface area (Å²) in [6.45, 7) is 4.39. The molecular formula is C34H37N9O3. The summed E-state index contributed by atoms with van der Waals surface area (Å²) in [5, 5.41) is 6.14. The molecular weight excluding hydrogens is 582 g/mol. The van der Waals surface area contributed by atoms with Gasteiger partial charge in [-0.25, -0.2) is 19.7 Å². The van der Waals surface area contributed by atoms with Crippen molar-refractivity contribution in [2.24, 2.45) is 0 Å². The lowest BCUT2D eigenvalue weighted by Gasteiger charge is -2.36. The van der Waals surface area contributed by atoms with Crippen LogP contribution < -0.4 is 20.4 Å². The van der Waals surface area contributed by atoms with Gasteiger partial charge in [-0.1, -0.05) is 42.5 Å². The van der Waals surface area contributed by atoms with Crippen molar-refractivity contribution in [3.8, 4) is 0 Å². The Morgan fingerprint density at radius 2 is 1.80 bits per heavy atom. The molecule has 46 heavy (non-hydrogen) atoms. The van der Waals surface area contributed by atoms with E-state index in [1.54, 1.807) is 46.5 Å². The summed E-state index contributed by atoms with van der Waals surface area (Å²) in [5.74, 6) is 1.44. The molecule has 12 heteroatoms. The van der Waals surface area contributed by atoms with Crippen LogP contribution in [-0.2, 0) is 22.6 Å². The highest BCUT2D eigenvalue weighted by atomic mass is 16.5. The fourth-order valence-electron chi connectivity index (χ4n) is 5.27. The fraction of sp³-hybridized carbons (Fsp3) is 0.265. The number of amides is 3. The molecule has 6 rings (SSSR count). The van der Waals surface area contributed by atoms with Crippen LogP contribution in [0.1, 0.15) is 11.1 Å². The minimum atomic E-state index is -0.253. The molecule has 236 valence electrons. The number of ether oxygens (including phenoxy) is 1. The van der Waals surface area contributed by atoms with E-state index in [1.165, 1.54) is 6.08 Å². The second kappa shape index (κ2) is 14.2. The summed E-state index contributed by atoms with van der Waals surface area (Å²) in [6, 6.07) is 20.7. The number of rotatable bonds is 10. The van der Waals surface area contributed by atoms with Gasteiger partial charge < -0.3 is 30.1 Å². The van der Waals surface area contributed by atoms with Crippen LogP contribution in [0, 0.1) is 0 Å². The lowest BCUT2D eigenvalue weighted by molar-refractivity contribution is -0.111. The third-order valence-corrected chi connectivity index (χ3v) is 7.54. The number of hydrogen-bond acceptors (Lipinski definition) is 9. The summed E-state index contributed by atoms with van der Waals surface area (Å²) in [6.07, 6.45) is 6.79. The normalized spacial score (nSPS) is 14.9. The Hall–Kier alpha value is -5.33. The molecule has 2 aliphatic heterocycles. The van der Waals surface area contributed by atoms with E-state index in [1.807, 2.05) is 67.5 Å². The van der Waals surface area contributed by atoms with E-state index < -0.39 is 0 Å². The Bertz CT molecular complexity index is 1690. The molecule has 4 aromatic rings. The molecule has 12 nitrogen and oxygen atoms in total. The summed E-state index contributed by atoms with van der Waals surface area (Å²) in [5.41, 5.74) is 3.66. The number of morpholine rings is 1. The van der Waals surface area contributed by atoms with E-state index in [9.17, 15) is 9.59 Å². The van der Waals surface area contributed by atoms with Crippen molar-refractivity contribution >= 4 is 46.6 Å². The van der Waals surface area contributed by atoms with Crippen LogP contribution in [0.3, 0.4) is 0 Å². The molecule has 3 amide bonds. The Labute approximate surface area is 268 Å². The number of hydrogen-bond donors (Lipinski definition) is 2. The Balaban J connectivity index is 1.28. The monoisotopic (exact) mass is 619 g/mol. The maximum atomic E-state index is 14.1. The van der Waals surface area contributed by atoms with Crippen molar-refractivity contribution < 1.29 is 14.3 Å². The van der Waals surface area contributed by atoms with Crippen LogP contribution in [0.15, 0.2) is 91.3 Å². The summed E-state index contributed by atoms with van der Waals surface area (Å²) < 4.78 is 5.45. The highest BCUT2D eigenvalue weighted by molar-refractivity contribution is 6.03. The zero-order valence-electron chi connectivity index (χ0n) is 26.0. The first-order valence-corrected chi connectivity index (χ1v) is 15.2. The Kier molecular flexibility index (Phi) is 9.46. The topological polar surface area (TPSA) is 119 Å². The molecule has 0 unspecified atom stereocenters. The first kappa shape index (κ1) is 30.7. The predicted molar refractivity (Wildman–Crippen MR) is 179 cm³/mol. The van der Waals surface area contributed by atoms with Crippen molar-refractivity contribution in [3.63, 3.8) is 0 Å². The van der Waals surface area contributed by atoms with E-state index in [-0.39, 0.29) is 11.9 Å². The van der Waals surface area contributed by atoms with Crippen molar-refractivity contribution in [1.82, 2.24) is 24.8 Å². The number of nitrogens with zero attached hydrogens (tertiary/aromatic N) is 7. The second-order valence-corrected chi connectivity index (χ2v) is 11.3. The molecule has 0 aliphatic carbocycles. The minimum absolute atomic E-state index is 0.230. The lowest BCUT2D eigenvalue weighted by Crippen LogP contribution is -2.45. The van der Waals surface area contributed by atoms with E-state index in [4.69, 9.17) is 9.72 Å². The smallest absolute Gasteiger partial charge is 0.330 e. The molecule has 0 saturated carbocycles. The van der Waals surface area contributed by atoms with Gasteiger partial charge in [0.15, 0.2) is 5.82 Å². The van der Waals surface area contributed by atoms with Crippen LogP contribution in [0.2, 0.25) is 0 Å². The van der Waals surface area contributed by atoms with Gasteiger partial charge in [0, 0.05) is 49.7 Å². The van der Waals surface area contributed by atoms with Gasteiger partial charge in [0.2, 0.25) is 11.9 Å². The molecule has 4 heterocycles. The number of urea groups is 1. The van der Waals surface area contributed by atoms with E-state index in [2.05, 4.69) is 25.5 Å². The largest absolute Gasteiger partial charge is 0.378 e. The van der Waals surface area contributed by atoms with Crippen LogP contribution in [0.5, 0.6) is 0 Å². The van der Waals surface area contributed by atoms with Crippen molar-refractivity contribution in [2.45, 2.75) is 13.1 Å². The molecule has 2 aromatic heterocycles. The number of likely N-dealkylation sites (N-methyl/N-ethyl adjacent to an activating group) is 1. The van der Waals surface area contributed by atoms with Crippen molar-refractivity contribution in [2.75, 3.05) is 67.4 Å². The number of anilines is 6. The van der Waals surface area contributed by atoms with Crippen LogP contribution in [0.4, 0.5) is 39.4 Å². The van der Waals surface area contributed by atoms with Gasteiger partial charge in [0.1, 0.15) is 5.82 Å². The zero-order valence-corrected chi connectivity index (χ0v) is 26.0. The lowest BCUT2D eigenvalue weighted by atomic mass is 10.1. The number of nitrogens with one attached hydrogen (secondary N) is 2. The van der Waals surface area contributed by atoms with Gasteiger partial charge in [0.05, 0.1) is 37.3 Å². The van der Waals surface area contributed by atoms with Crippen LogP contribution in [0.25, 0.3) is 0 Å². The molecule has 2 N–H and O–H groups in total. The second-order valence-electron chi connectivity index (χ2n) is 11.3. The summed E-state index contributed by atoms with van der Waals surface area (Å²) >= 11 is 0. The highest BCUT2D eigenvalue weighted by Gasteiger charge is 2.33. The summed E-state index contributed by atoms with van der Waals surface area (Å²) in [7, 11) is 3.87. The Morgan fingerprint density at radius 1 is 0.978 bits per heavy atom. The van der Waals surface area contributed by atoms with Gasteiger partial charge in [-0.15, -0.1) is 0 Å². The highest BCUT2D eigenvalue weighted by Crippen LogP contribution is 2.36. The molecule has 1 saturated heterocycles. The third-order valence-electron chi connectivity index (χ3n) is 7.54. The maximum Gasteiger partial charge on any atom is 0.330 e. The number of pyridine rings is 1. The van der Waals surface area contributed by atoms with Crippen LogP contribution >= 0.6 is 0 Å². The third kappa shape index (κ3) is 7.48. The van der Waals surface area contributed by atoms with Crippen LogP contribution in [-0.4, -0.2) is 83.6 Å². The van der Waals surface area contributed by atoms with Crippen molar-refractivity contribution in [1.29, 1.82) is 0 Å². The van der Waals surface area contributed by atoms with Gasteiger partial charge in [-0.2, -0.15) is 4.98 Å². The first-order chi connectivity index (χ1) is 22.4. The number of carbonyl (C=O) groups excluding carboxylic acids is 2. The molecule has 0 atom stereocenters. The zero-order chi connectivity index (χ0) is 31.9. The number of benzene rings is 2. The molecule has 0 radical (unpaired) electrons.